The fourth-order valence-electron chi connectivity index (χ4n) is 2.35. The third-order valence-electron chi connectivity index (χ3n) is 4.06. The monoisotopic (exact) mass is 241 g/mol. The number of nitrogens with zero attached hydrogens (tertiary/aromatic N) is 1. The van der Waals surface area contributed by atoms with Gasteiger partial charge in [0.25, 0.3) is 0 Å². The van der Waals surface area contributed by atoms with Crippen LogP contribution in [0.3, 0.4) is 0 Å². The van der Waals surface area contributed by atoms with Crippen LogP contribution in [0.15, 0.2) is 0 Å². The zero-order valence-corrected chi connectivity index (χ0v) is 11.7. The highest BCUT2D eigenvalue weighted by atomic mass is 16.2. The van der Waals surface area contributed by atoms with Crippen LogP contribution in [0.4, 0.5) is 0 Å². The maximum Gasteiger partial charge on any atom is 0.227 e. The van der Waals surface area contributed by atoms with Crippen LogP contribution < -0.4 is 10.6 Å². The Labute approximate surface area is 105 Å². The summed E-state index contributed by atoms with van der Waals surface area (Å²) in [5.74, 6) is 0.614. The van der Waals surface area contributed by atoms with Gasteiger partial charge in [-0.25, -0.2) is 0 Å². The van der Waals surface area contributed by atoms with Crippen molar-refractivity contribution in [3.05, 3.63) is 0 Å². The second kappa shape index (κ2) is 6.36. The first kappa shape index (κ1) is 14.5. The van der Waals surface area contributed by atoms with Gasteiger partial charge in [0.05, 0.1) is 5.41 Å². The molecule has 100 valence electrons. The number of hydrogen-bond donors (Lipinski definition) is 2. The molecule has 4 nitrogen and oxygen atoms in total. The van der Waals surface area contributed by atoms with Gasteiger partial charge in [0.15, 0.2) is 0 Å². The van der Waals surface area contributed by atoms with Gasteiger partial charge >= 0.3 is 0 Å². The van der Waals surface area contributed by atoms with Gasteiger partial charge in [-0.3, -0.25) is 4.79 Å². The zero-order chi connectivity index (χ0) is 12.9. The van der Waals surface area contributed by atoms with Crippen LogP contribution in [0.1, 0.15) is 27.2 Å². The Balaban J connectivity index is 2.44. The molecule has 1 saturated heterocycles. The second-order valence-corrected chi connectivity index (χ2v) is 5.39. The van der Waals surface area contributed by atoms with E-state index < -0.39 is 0 Å². The highest BCUT2D eigenvalue weighted by Crippen LogP contribution is 2.34. The summed E-state index contributed by atoms with van der Waals surface area (Å²) in [6.45, 7) is 10.9. The van der Waals surface area contributed by atoms with Crippen molar-refractivity contribution in [2.45, 2.75) is 27.2 Å². The van der Waals surface area contributed by atoms with Crippen molar-refractivity contribution in [3.63, 3.8) is 0 Å². The third kappa shape index (κ3) is 3.42. The summed E-state index contributed by atoms with van der Waals surface area (Å²) < 4.78 is 0. The lowest BCUT2D eigenvalue weighted by Gasteiger charge is -2.31. The van der Waals surface area contributed by atoms with E-state index in [4.69, 9.17) is 0 Å². The van der Waals surface area contributed by atoms with Crippen LogP contribution in [0, 0.1) is 11.3 Å². The molecule has 2 N–H and O–H groups in total. The first-order chi connectivity index (χ1) is 8.03. The van der Waals surface area contributed by atoms with Crippen LogP contribution in [-0.4, -0.2) is 50.6 Å². The minimum absolute atomic E-state index is 0.190. The van der Waals surface area contributed by atoms with Crippen molar-refractivity contribution in [1.82, 2.24) is 15.5 Å². The van der Waals surface area contributed by atoms with E-state index in [0.717, 1.165) is 39.1 Å². The standard InChI is InChI=1S/C13H27N3O/c1-5-16(4)9-8-15-12(17)13(11(2)3)6-7-14-10-13/h11,14H,5-10H2,1-4H3,(H,15,17). The summed E-state index contributed by atoms with van der Waals surface area (Å²) in [7, 11) is 2.07. The SMILES string of the molecule is CCN(C)CCNC(=O)C1(C(C)C)CCNC1. The van der Waals surface area contributed by atoms with Gasteiger partial charge in [-0.2, -0.15) is 0 Å². The fourth-order valence-corrected chi connectivity index (χ4v) is 2.35. The zero-order valence-electron chi connectivity index (χ0n) is 11.7. The molecule has 0 aromatic carbocycles. The predicted octanol–water partition coefficient (Wildman–Crippen LogP) is 0.690. The molecule has 1 aliphatic heterocycles. The molecule has 0 bridgehead atoms. The van der Waals surface area contributed by atoms with Crippen molar-refractivity contribution in [3.8, 4) is 0 Å². The maximum atomic E-state index is 12.3. The lowest BCUT2D eigenvalue weighted by atomic mass is 9.75. The molecule has 1 unspecified atom stereocenters. The number of carbonyl (C=O) groups excluding carboxylic acids is 1. The van der Waals surface area contributed by atoms with Crippen LogP contribution in [0.25, 0.3) is 0 Å². The number of likely N-dealkylation sites (N-methyl/N-ethyl adjacent to an activating group) is 1. The minimum atomic E-state index is -0.190. The molecule has 0 aliphatic carbocycles. The Morgan fingerprint density at radius 2 is 2.24 bits per heavy atom. The maximum absolute atomic E-state index is 12.3. The average molecular weight is 241 g/mol. The van der Waals surface area contributed by atoms with E-state index in [-0.39, 0.29) is 11.3 Å². The number of nitrogens with one attached hydrogen (secondary N) is 2. The first-order valence-electron chi connectivity index (χ1n) is 6.70. The minimum Gasteiger partial charge on any atom is -0.354 e. The topological polar surface area (TPSA) is 44.4 Å². The van der Waals surface area contributed by atoms with Gasteiger partial charge in [0.2, 0.25) is 5.91 Å². The Bertz CT molecular complexity index is 247. The van der Waals surface area contributed by atoms with Crippen LogP contribution >= 0.6 is 0 Å². The molecule has 1 aliphatic rings. The van der Waals surface area contributed by atoms with Crippen molar-refractivity contribution in [2.75, 3.05) is 39.8 Å². The Morgan fingerprint density at radius 1 is 1.53 bits per heavy atom. The van der Waals surface area contributed by atoms with E-state index in [2.05, 4.69) is 43.4 Å². The molecule has 1 amide bonds. The molecule has 17 heavy (non-hydrogen) atoms. The number of amides is 1. The van der Waals surface area contributed by atoms with E-state index in [1.807, 2.05) is 0 Å². The summed E-state index contributed by atoms with van der Waals surface area (Å²) in [6, 6.07) is 0. The van der Waals surface area contributed by atoms with E-state index >= 15 is 0 Å². The van der Waals surface area contributed by atoms with Gasteiger partial charge in [0, 0.05) is 19.6 Å². The molecule has 1 rings (SSSR count). The Kier molecular flexibility index (Phi) is 5.40. The normalized spacial score (nSPS) is 24.6. The van der Waals surface area contributed by atoms with Gasteiger partial charge in [-0.05, 0) is 32.5 Å². The van der Waals surface area contributed by atoms with Gasteiger partial charge in [-0.1, -0.05) is 20.8 Å². The van der Waals surface area contributed by atoms with Crippen molar-refractivity contribution in [1.29, 1.82) is 0 Å². The van der Waals surface area contributed by atoms with Crippen LogP contribution in [0.2, 0.25) is 0 Å². The highest BCUT2D eigenvalue weighted by molar-refractivity contribution is 5.83. The molecule has 0 radical (unpaired) electrons. The molecule has 0 aromatic rings. The smallest absolute Gasteiger partial charge is 0.227 e. The molecule has 1 heterocycles. The second-order valence-electron chi connectivity index (χ2n) is 5.39. The lowest BCUT2D eigenvalue weighted by Crippen LogP contribution is -2.47. The highest BCUT2D eigenvalue weighted by Gasteiger charge is 2.43. The molecule has 4 heteroatoms. The lowest BCUT2D eigenvalue weighted by molar-refractivity contribution is -0.132. The average Bonchev–Trinajstić information content (AvgIpc) is 2.78. The molecule has 0 saturated carbocycles. The van der Waals surface area contributed by atoms with E-state index in [9.17, 15) is 4.79 Å². The molecular weight excluding hydrogens is 214 g/mol. The summed E-state index contributed by atoms with van der Waals surface area (Å²) in [4.78, 5) is 14.5. The number of carbonyl (C=O) groups is 1. The summed E-state index contributed by atoms with van der Waals surface area (Å²) in [6.07, 6.45) is 0.958. The molecule has 0 aromatic heterocycles. The summed E-state index contributed by atoms with van der Waals surface area (Å²) >= 11 is 0. The number of rotatable bonds is 6. The van der Waals surface area contributed by atoms with Crippen LogP contribution in [0.5, 0.6) is 0 Å². The molecule has 1 fully saturated rings. The van der Waals surface area contributed by atoms with E-state index in [0.29, 0.717) is 5.92 Å². The summed E-state index contributed by atoms with van der Waals surface area (Å²) in [5, 5.41) is 6.41. The Hall–Kier alpha value is -0.610. The van der Waals surface area contributed by atoms with Crippen molar-refractivity contribution in [2.24, 2.45) is 11.3 Å². The third-order valence-corrected chi connectivity index (χ3v) is 4.06. The van der Waals surface area contributed by atoms with E-state index in [1.54, 1.807) is 0 Å². The van der Waals surface area contributed by atoms with Crippen LogP contribution in [-0.2, 0) is 4.79 Å². The quantitative estimate of drug-likeness (QED) is 0.719. The predicted molar refractivity (Wildman–Crippen MR) is 70.9 cm³/mol. The first-order valence-corrected chi connectivity index (χ1v) is 6.70. The molecule has 1 atom stereocenters. The largest absolute Gasteiger partial charge is 0.354 e. The molecule has 0 spiro atoms. The fraction of sp³-hybridized carbons (Fsp3) is 0.923. The van der Waals surface area contributed by atoms with Gasteiger partial charge < -0.3 is 15.5 Å². The molecular formula is C13H27N3O. The van der Waals surface area contributed by atoms with Gasteiger partial charge in [-0.15, -0.1) is 0 Å². The van der Waals surface area contributed by atoms with Gasteiger partial charge in [0.1, 0.15) is 0 Å². The number of hydrogen-bond acceptors (Lipinski definition) is 3. The Morgan fingerprint density at radius 3 is 2.71 bits per heavy atom. The van der Waals surface area contributed by atoms with Crippen molar-refractivity contribution < 1.29 is 4.79 Å². The summed E-state index contributed by atoms with van der Waals surface area (Å²) in [5.41, 5.74) is -0.190. The van der Waals surface area contributed by atoms with Crippen molar-refractivity contribution >= 4 is 5.91 Å². The van der Waals surface area contributed by atoms with E-state index in [1.165, 1.54) is 0 Å².